The number of benzene rings is 1. The molecule has 0 aromatic heterocycles. The van der Waals surface area contributed by atoms with Crippen LogP contribution in [0.15, 0.2) is 18.2 Å². The summed E-state index contributed by atoms with van der Waals surface area (Å²) in [6.07, 6.45) is -2.08. The molecule has 1 fully saturated rings. The summed E-state index contributed by atoms with van der Waals surface area (Å²) in [6.45, 7) is 5.83. The summed E-state index contributed by atoms with van der Waals surface area (Å²) in [5, 5.41) is 2.84. The number of hydrogen-bond acceptors (Lipinski definition) is 2. The van der Waals surface area contributed by atoms with E-state index in [1.54, 1.807) is 13.1 Å². The zero-order valence-corrected chi connectivity index (χ0v) is 11.6. The van der Waals surface area contributed by atoms with Crippen molar-refractivity contribution in [2.75, 3.05) is 30.4 Å². The average Bonchev–Trinajstić information content (AvgIpc) is 2.93. The predicted octanol–water partition coefficient (Wildman–Crippen LogP) is 4.37. The lowest BCUT2D eigenvalue weighted by Crippen LogP contribution is -2.19. The first-order valence-corrected chi connectivity index (χ1v) is 6.66. The lowest BCUT2D eigenvalue weighted by atomic mass is 10.1. The highest BCUT2D eigenvalue weighted by molar-refractivity contribution is 5.71. The van der Waals surface area contributed by atoms with E-state index in [-0.39, 0.29) is 0 Å². The Bertz CT molecular complexity index is 396. The van der Waals surface area contributed by atoms with Crippen LogP contribution in [-0.2, 0) is 6.18 Å². The maximum absolute atomic E-state index is 12.6. The van der Waals surface area contributed by atoms with Gasteiger partial charge < -0.3 is 10.2 Å². The largest absolute Gasteiger partial charge is 0.416 e. The quantitative estimate of drug-likeness (QED) is 0.861. The Labute approximate surface area is 112 Å². The van der Waals surface area contributed by atoms with Crippen LogP contribution in [-0.4, -0.2) is 20.1 Å². The number of halogens is 3. The van der Waals surface area contributed by atoms with Crippen molar-refractivity contribution < 1.29 is 13.2 Å². The van der Waals surface area contributed by atoms with Gasteiger partial charge in [-0.2, -0.15) is 13.2 Å². The minimum Gasteiger partial charge on any atom is -0.386 e. The van der Waals surface area contributed by atoms with Crippen molar-refractivity contribution in [2.45, 2.75) is 32.9 Å². The molecular weight excluding hydrogens is 253 g/mol. The van der Waals surface area contributed by atoms with Gasteiger partial charge in [-0.15, -0.1) is 0 Å². The number of nitrogens with zero attached hydrogens (tertiary/aromatic N) is 1. The van der Waals surface area contributed by atoms with Crippen LogP contribution >= 0.6 is 0 Å². The molecular formula is C14H21F3N2. The maximum atomic E-state index is 12.6. The molecule has 1 heterocycles. The van der Waals surface area contributed by atoms with Crippen molar-refractivity contribution in [1.29, 1.82) is 0 Å². The molecule has 0 aliphatic carbocycles. The van der Waals surface area contributed by atoms with Crippen LogP contribution < -0.4 is 10.2 Å². The first-order valence-electron chi connectivity index (χ1n) is 6.66. The normalized spacial score (nSPS) is 14.9. The topological polar surface area (TPSA) is 15.3 Å². The van der Waals surface area contributed by atoms with Crippen LogP contribution in [0.25, 0.3) is 0 Å². The molecule has 19 heavy (non-hydrogen) atoms. The van der Waals surface area contributed by atoms with Crippen molar-refractivity contribution in [2.24, 2.45) is 0 Å². The third kappa shape index (κ3) is 3.78. The Balaban J connectivity index is 0.000000861. The van der Waals surface area contributed by atoms with Gasteiger partial charge in [0.05, 0.1) is 16.9 Å². The first kappa shape index (κ1) is 15.7. The molecule has 0 radical (unpaired) electrons. The van der Waals surface area contributed by atoms with Gasteiger partial charge in [0.2, 0.25) is 0 Å². The van der Waals surface area contributed by atoms with Crippen LogP contribution in [0.3, 0.4) is 0 Å². The van der Waals surface area contributed by atoms with Gasteiger partial charge >= 0.3 is 6.18 Å². The van der Waals surface area contributed by atoms with E-state index < -0.39 is 11.7 Å². The number of nitrogens with one attached hydrogen (secondary N) is 1. The minimum atomic E-state index is -4.28. The molecule has 2 nitrogen and oxygen atoms in total. The SMILES string of the molecule is CC.CNc1cc(C(F)(F)F)ccc1N1CCCC1. The summed E-state index contributed by atoms with van der Waals surface area (Å²) in [5.41, 5.74) is 0.796. The van der Waals surface area contributed by atoms with Gasteiger partial charge in [-0.3, -0.25) is 0 Å². The standard InChI is InChI=1S/C12H15F3N2.C2H6/c1-16-10-8-9(12(13,14)15)4-5-11(10)17-6-2-3-7-17;1-2/h4-5,8,16H,2-3,6-7H2,1H3;1-2H3. The van der Waals surface area contributed by atoms with Crippen LogP contribution in [0, 0.1) is 0 Å². The fourth-order valence-electron chi connectivity index (χ4n) is 2.15. The zero-order valence-electron chi connectivity index (χ0n) is 11.6. The third-order valence-corrected chi connectivity index (χ3v) is 3.04. The minimum absolute atomic E-state index is 0.543. The van der Waals surface area contributed by atoms with Gasteiger partial charge in [-0.25, -0.2) is 0 Å². The van der Waals surface area contributed by atoms with E-state index in [1.165, 1.54) is 6.07 Å². The average molecular weight is 274 g/mol. The van der Waals surface area contributed by atoms with E-state index >= 15 is 0 Å². The van der Waals surface area contributed by atoms with E-state index in [0.717, 1.165) is 37.7 Å². The third-order valence-electron chi connectivity index (χ3n) is 3.04. The first-order chi connectivity index (χ1) is 9.02. The van der Waals surface area contributed by atoms with E-state index in [4.69, 9.17) is 0 Å². The van der Waals surface area contributed by atoms with Gasteiger partial charge in [0.1, 0.15) is 0 Å². The maximum Gasteiger partial charge on any atom is 0.416 e. The van der Waals surface area contributed by atoms with Crippen LogP contribution in [0.1, 0.15) is 32.3 Å². The summed E-state index contributed by atoms with van der Waals surface area (Å²) in [7, 11) is 1.65. The van der Waals surface area contributed by atoms with Gasteiger partial charge in [0.25, 0.3) is 0 Å². The lowest BCUT2D eigenvalue weighted by molar-refractivity contribution is -0.137. The molecule has 0 amide bonds. The van der Waals surface area contributed by atoms with Gasteiger partial charge in [0.15, 0.2) is 0 Å². The second-order valence-electron chi connectivity index (χ2n) is 4.17. The second kappa shape index (κ2) is 6.68. The van der Waals surface area contributed by atoms with Crippen molar-refractivity contribution in [3.63, 3.8) is 0 Å². The number of anilines is 2. The highest BCUT2D eigenvalue weighted by Gasteiger charge is 2.31. The smallest absolute Gasteiger partial charge is 0.386 e. The zero-order chi connectivity index (χ0) is 14.5. The molecule has 1 aromatic carbocycles. The van der Waals surface area contributed by atoms with Crippen LogP contribution in [0.2, 0.25) is 0 Å². The summed E-state index contributed by atoms with van der Waals surface area (Å²) in [5.74, 6) is 0. The molecule has 0 atom stereocenters. The van der Waals surface area contributed by atoms with Gasteiger partial charge in [-0.05, 0) is 31.0 Å². The molecule has 1 aliphatic heterocycles. The van der Waals surface area contributed by atoms with E-state index in [0.29, 0.717) is 5.69 Å². The summed E-state index contributed by atoms with van der Waals surface area (Å²) in [4.78, 5) is 2.12. The second-order valence-corrected chi connectivity index (χ2v) is 4.17. The molecule has 0 spiro atoms. The number of rotatable bonds is 2. The summed E-state index contributed by atoms with van der Waals surface area (Å²) >= 11 is 0. The molecule has 1 aliphatic rings. The van der Waals surface area contributed by atoms with Gasteiger partial charge in [0, 0.05) is 20.1 Å². The summed E-state index contributed by atoms with van der Waals surface area (Å²) < 4.78 is 37.7. The van der Waals surface area contributed by atoms with Crippen molar-refractivity contribution in [3.8, 4) is 0 Å². The van der Waals surface area contributed by atoms with Crippen LogP contribution in [0.4, 0.5) is 24.5 Å². The Morgan fingerprint density at radius 3 is 2.16 bits per heavy atom. The van der Waals surface area contributed by atoms with Crippen LogP contribution in [0.5, 0.6) is 0 Å². The highest BCUT2D eigenvalue weighted by atomic mass is 19.4. The molecule has 5 heteroatoms. The predicted molar refractivity (Wildman–Crippen MR) is 73.8 cm³/mol. The fourth-order valence-corrected chi connectivity index (χ4v) is 2.15. The van der Waals surface area contributed by atoms with Crippen molar-refractivity contribution in [1.82, 2.24) is 0 Å². The molecule has 108 valence electrons. The molecule has 0 saturated carbocycles. The Kier molecular flexibility index (Phi) is 5.51. The fraction of sp³-hybridized carbons (Fsp3) is 0.571. The monoisotopic (exact) mass is 274 g/mol. The molecule has 1 saturated heterocycles. The van der Waals surface area contributed by atoms with Crippen molar-refractivity contribution in [3.05, 3.63) is 23.8 Å². The lowest BCUT2D eigenvalue weighted by Gasteiger charge is -2.22. The Morgan fingerprint density at radius 1 is 1.11 bits per heavy atom. The van der Waals surface area contributed by atoms with E-state index in [2.05, 4.69) is 10.2 Å². The van der Waals surface area contributed by atoms with Gasteiger partial charge in [-0.1, -0.05) is 13.8 Å². The van der Waals surface area contributed by atoms with E-state index in [1.807, 2.05) is 13.8 Å². The Morgan fingerprint density at radius 2 is 1.68 bits per heavy atom. The number of alkyl halides is 3. The molecule has 2 rings (SSSR count). The molecule has 1 N–H and O–H groups in total. The summed E-state index contributed by atoms with van der Waals surface area (Å²) in [6, 6.07) is 3.88. The molecule has 0 bridgehead atoms. The van der Waals surface area contributed by atoms with Crippen molar-refractivity contribution >= 4 is 11.4 Å². The number of hydrogen-bond donors (Lipinski definition) is 1. The molecule has 0 unspecified atom stereocenters. The van der Waals surface area contributed by atoms with E-state index in [9.17, 15) is 13.2 Å². The highest BCUT2D eigenvalue weighted by Crippen LogP contribution is 2.36. The molecule has 1 aromatic rings. The Hall–Kier alpha value is -1.39.